The quantitative estimate of drug-likeness (QED) is 0.538. The van der Waals surface area contributed by atoms with Crippen LogP contribution in [0, 0.1) is 6.92 Å². The van der Waals surface area contributed by atoms with Crippen LogP contribution in [0.4, 0.5) is 17.6 Å². The fraction of sp³-hybridized carbons (Fsp3) is 0.583. The molecule has 3 N–H and O–H groups in total. The normalized spacial score (nSPS) is 16.4. The van der Waals surface area contributed by atoms with E-state index in [0.717, 1.165) is 55.8 Å². The molecule has 1 fully saturated rings. The lowest BCUT2D eigenvalue weighted by atomic mass is 10.0. The maximum absolute atomic E-state index is 7.75. The number of hydrogen-bond acceptors (Lipinski definition) is 8. The first-order valence-corrected chi connectivity index (χ1v) is 11.8. The molecule has 3 aromatic rings. The van der Waals surface area contributed by atoms with Crippen molar-refractivity contribution in [3.63, 3.8) is 0 Å². The minimum Gasteiger partial charge on any atom is -0.380 e. The largest absolute Gasteiger partial charge is 0.380 e. The van der Waals surface area contributed by atoms with E-state index in [2.05, 4.69) is 64.2 Å². The second kappa shape index (κ2) is 9.91. The summed E-state index contributed by atoms with van der Waals surface area (Å²) in [6, 6.07) is 2.86. The van der Waals surface area contributed by atoms with E-state index in [1.54, 1.807) is 10.7 Å². The van der Waals surface area contributed by atoms with Crippen molar-refractivity contribution >= 4 is 23.2 Å². The number of pyridine rings is 1. The number of rotatable bonds is 8. The zero-order valence-electron chi connectivity index (χ0n) is 21.3. The SMILES string of the molecule is [2H]CC(CCC)Nc1nc(N)c2ncc(Cc3cnc(N4CCC(N(C)C)CC4)c(C)c3)n2n1. The van der Waals surface area contributed by atoms with Gasteiger partial charge in [0, 0.05) is 39.2 Å². The average molecular weight is 453 g/mol. The van der Waals surface area contributed by atoms with Gasteiger partial charge in [-0.1, -0.05) is 19.4 Å². The number of nitrogens with two attached hydrogens (primary N) is 1. The van der Waals surface area contributed by atoms with Crippen LogP contribution in [0.5, 0.6) is 0 Å². The summed E-state index contributed by atoms with van der Waals surface area (Å²) in [6.07, 6.45) is 8.59. The van der Waals surface area contributed by atoms with Gasteiger partial charge < -0.3 is 20.9 Å². The van der Waals surface area contributed by atoms with Gasteiger partial charge in [0.05, 0.1) is 11.9 Å². The van der Waals surface area contributed by atoms with Crippen LogP contribution in [0.2, 0.25) is 0 Å². The van der Waals surface area contributed by atoms with Crippen molar-refractivity contribution in [1.29, 1.82) is 0 Å². The van der Waals surface area contributed by atoms with E-state index in [9.17, 15) is 0 Å². The number of nitrogen functional groups attached to an aromatic ring is 1. The monoisotopic (exact) mass is 452 g/mol. The molecule has 9 heteroatoms. The van der Waals surface area contributed by atoms with Gasteiger partial charge in [-0.2, -0.15) is 4.98 Å². The molecule has 0 aromatic carbocycles. The van der Waals surface area contributed by atoms with Crippen molar-refractivity contribution in [1.82, 2.24) is 29.5 Å². The molecule has 1 atom stereocenters. The number of hydrogen-bond donors (Lipinski definition) is 2. The molecule has 1 aliphatic heterocycles. The summed E-state index contributed by atoms with van der Waals surface area (Å²) in [5, 5.41) is 7.88. The van der Waals surface area contributed by atoms with E-state index < -0.39 is 0 Å². The highest BCUT2D eigenvalue weighted by Gasteiger charge is 2.22. The second-order valence-electron chi connectivity index (χ2n) is 9.28. The number of aryl methyl sites for hydroxylation is 1. The fourth-order valence-corrected chi connectivity index (χ4v) is 4.59. The Bertz CT molecular complexity index is 1110. The smallest absolute Gasteiger partial charge is 0.243 e. The second-order valence-corrected chi connectivity index (χ2v) is 9.28. The zero-order valence-corrected chi connectivity index (χ0v) is 20.3. The number of nitrogens with zero attached hydrogens (tertiary/aromatic N) is 7. The van der Waals surface area contributed by atoms with E-state index >= 15 is 0 Å². The van der Waals surface area contributed by atoms with E-state index in [-0.39, 0.29) is 12.9 Å². The van der Waals surface area contributed by atoms with E-state index in [0.29, 0.717) is 29.9 Å². The molecular weight excluding hydrogens is 414 g/mol. The minimum absolute atomic E-state index is 0.00370. The van der Waals surface area contributed by atoms with Gasteiger partial charge in [-0.25, -0.2) is 14.5 Å². The Morgan fingerprint density at radius 3 is 2.73 bits per heavy atom. The highest BCUT2D eigenvalue weighted by atomic mass is 15.3. The number of aromatic nitrogens is 5. The topological polar surface area (TPSA) is 100 Å². The Hall–Kier alpha value is -2.94. The highest BCUT2D eigenvalue weighted by molar-refractivity contribution is 5.61. The summed E-state index contributed by atoms with van der Waals surface area (Å²) in [7, 11) is 4.32. The molecule has 4 rings (SSSR count). The first-order chi connectivity index (χ1) is 16.4. The van der Waals surface area contributed by atoms with Crippen LogP contribution >= 0.6 is 0 Å². The molecule has 0 radical (unpaired) electrons. The van der Waals surface area contributed by atoms with Crippen LogP contribution < -0.4 is 16.0 Å². The van der Waals surface area contributed by atoms with Gasteiger partial charge >= 0.3 is 0 Å². The van der Waals surface area contributed by atoms with Crippen molar-refractivity contribution < 1.29 is 1.37 Å². The molecule has 4 heterocycles. The molecule has 0 aliphatic carbocycles. The van der Waals surface area contributed by atoms with Crippen molar-refractivity contribution in [3.05, 3.63) is 35.3 Å². The Balaban J connectivity index is 1.51. The molecular formula is C24H37N9. The lowest BCUT2D eigenvalue weighted by Crippen LogP contribution is -2.42. The van der Waals surface area contributed by atoms with Crippen LogP contribution in [0.15, 0.2) is 18.5 Å². The van der Waals surface area contributed by atoms with Crippen molar-refractivity contribution in [2.75, 3.05) is 43.1 Å². The fourth-order valence-electron chi connectivity index (χ4n) is 4.59. The zero-order chi connectivity index (χ0) is 24.2. The van der Waals surface area contributed by atoms with E-state index in [1.807, 2.05) is 6.20 Å². The Morgan fingerprint density at radius 2 is 2.06 bits per heavy atom. The number of imidazole rings is 1. The van der Waals surface area contributed by atoms with Crippen molar-refractivity contribution in [2.24, 2.45) is 0 Å². The summed E-state index contributed by atoms with van der Waals surface area (Å²) in [6.45, 7) is 6.56. The molecule has 1 unspecified atom stereocenters. The molecule has 33 heavy (non-hydrogen) atoms. The maximum Gasteiger partial charge on any atom is 0.243 e. The van der Waals surface area contributed by atoms with Gasteiger partial charge in [-0.05, 0) is 58.3 Å². The molecule has 0 bridgehead atoms. The number of nitrogens with one attached hydrogen (secondary N) is 1. The number of anilines is 3. The van der Waals surface area contributed by atoms with Crippen LogP contribution in [-0.2, 0) is 6.42 Å². The van der Waals surface area contributed by atoms with Gasteiger partial charge in [0.1, 0.15) is 5.82 Å². The first kappa shape index (κ1) is 21.9. The predicted molar refractivity (Wildman–Crippen MR) is 134 cm³/mol. The molecule has 3 aromatic heterocycles. The van der Waals surface area contributed by atoms with Crippen LogP contribution in [0.1, 0.15) is 57.7 Å². The molecule has 1 aliphatic rings. The van der Waals surface area contributed by atoms with E-state index in [1.165, 1.54) is 5.56 Å². The van der Waals surface area contributed by atoms with Crippen LogP contribution in [0.25, 0.3) is 5.65 Å². The van der Waals surface area contributed by atoms with E-state index in [4.69, 9.17) is 12.1 Å². The lowest BCUT2D eigenvalue weighted by Gasteiger charge is -2.36. The third-order valence-corrected chi connectivity index (χ3v) is 6.42. The van der Waals surface area contributed by atoms with Crippen molar-refractivity contribution in [2.45, 2.75) is 64.9 Å². The number of fused-ring (bicyclic) bond motifs is 1. The van der Waals surface area contributed by atoms with Gasteiger partial charge in [0.2, 0.25) is 5.95 Å². The van der Waals surface area contributed by atoms with Gasteiger partial charge in [-0.3, -0.25) is 0 Å². The molecule has 1 saturated heterocycles. The summed E-state index contributed by atoms with van der Waals surface area (Å²) in [5.41, 5.74) is 9.92. The number of piperidine rings is 1. The maximum atomic E-state index is 7.75. The summed E-state index contributed by atoms with van der Waals surface area (Å²) in [4.78, 5) is 18.4. The Morgan fingerprint density at radius 1 is 1.27 bits per heavy atom. The molecule has 178 valence electrons. The summed E-state index contributed by atoms with van der Waals surface area (Å²) in [5.74, 6) is 1.84. The summed E-state index contributed by atoms with van der Waals surface area (Å²) >= 11 is 0. The van der Waals surface area contributed by atoms with Gasteiger partial charge in [0.25, 0.3) is 0 Å². The van der Waals surface area contributed by atoms with Gasteiger partial charge in [-0.15, -0.1) is 5.10 Å². The molecule has 0 amide bonds. The molecule has 9 nitrogen and oxygen atoms in total. The molecule has 0 spiro atoms. The summed E-state index contributed by atoms with van der Waals surface area (Å²) < 4.78 is 9.51. The van der Waals surface area contributed by atoms with Crippen LogP contribution in [-0.4, -0.2) is 68.7 Å². The lowest BCUT2D eigenvalue weighted by molar-refractivity contribution is 0.249. The average Bonchev–Trinajstić information content (AvgIpc) is 3.22. The molecule has 0 saturated carbocycles. The Kier molecular flexibility index (Phi) is 6.57. The van der Waals surface area contributed by atoms with Gasteiger partial charge in [0.15, 0.2) is 11.5 Å². The first-order valence-electron chi connectivity index (χ1n) is 12.5. The van der Waals surface area contributed by atoms with Crippen LogP contribution in [0.3, 0.4) is 0 Å². The Labute approximate surface area is 197 Å². The minimum atomic E-state index is -0.00370. The third kappa shape index (κ3) is 5.19. The predicted octanol–water partition coefficient (Wildman–Crippen LogP) is 3.13. The third-order valence-electron chi connectivity index (χ3n) is 6.42. The standard InChI is InChI=1S/C24H37N9/c1-6-7-17(3)28-24-29-21(25)23-27-15-20(33(23)30-24)13-18-12-16(2)22(26-14-18)32-10-8-19(9-11-32)31(4)5/h12,14-15,17,19H,6-11,13H2,1-5H3,(H3,25,28,29,30)/i3D. The highest BCUT2D eigenvalue weighted by Crippen LogP contribution is 2.25. The van der Waals surface area contributed by atoms with Crippen molar-refractivity contribution in [3.8, 4) is 0 Å².